The molecule has 0 radical (unpaired) electrons. The van der Waals surface area contributed by atoms with Gasteiger partial charge in [-0.1, -0.05) is 17.3 Å². The van der Waals surface area contributed by atoms with Crippen LogP contribution < -0.4 is 4.90 Å². The molecule has 7 nitrogen and oxygen atoms in total. The van der Waals surface area contributed by atoms with Crippen molar-refractivity contribution >= 4 is 22.7 Å². The second kappa shape index (κ2) is 6.64. The van der Waals surface area contributed by atoms with Crippen LogP contribution in [-0.4, -0.2) is 47.1 Å². The maximum atomic E-state index is 12.8. The summed E-state index contributed by atoms with van der Waals surface area (Å²) in [5.41, 5.74) is 2.00. The predicted octanol–water partition coefficient (Wildman–Crippen LogP) is 2.23. The molecule has 1 amide bonds. The molecule has 0 N–H and O–H groups in total. The number of benzene rings is 1. The van der Waals surface area contributed by atoms with E-state index in [1.54, 1.807) is 12.3 Å². The molecular formula is C21H19N5O2. The standard InChI is InChI=1S/C21H19N5O2/c22-8-14-5-6-20(23-9-14)25-10-15-12-26(13-16(15)11-25)21(27)7-18-17-3-1-2-4-19(17)28-24-18/h1-6,9,15-16H,7,10-13H2. The van der Waals surface area contributed by atoms with E-state index in [1.165, 1.54) is 0 Å². The molecular weight excluding hydrogens is 354 g/mol. The maximum Gasteiger partial charge on any atom is 0.228 e. The van der Waals surface area contributed by atoms with Crippen LogP contribution in [0.1, 0.15) is 11.3 Å². The summed E-state index contributed by atoms with van der Waals surface area (Å²) in [5.74, 6) is 1.92. The quantitative estimate of drug-likeness (QED) is 0.700. The summed E-state index contributed by atoms with van der Waals surface area (Å²) < 4.78 is 5.31. The third kappa shape index (κ3) is 2.87. The molecule has 2 atom stereocenters. The van der Waals surface area contributed by atoms with E-state index in [-0.39, 0.29) is 12.3 Å². The van der Waals surface area contributed by atoms with Crippen LogP contribution in [-0.2, 0) is 11.2 Å². The Labute approximate surface area is 162 Å². The van der Waals surface area contributed by atoms with Gasteiger partial charge < -0.3 is 14.3 Å². The molecule has 140 valence electrons. The van der Waals surface area contributed by atoms with Gasteiger partial charge in [-0.2, -0.15) is 5.26 Å². The molecule has 2 saturated heterocycles. The Morgan fingerprint density at radius 3 is 2.64 bits per heavy atom. The van der Waals surface area contributed by atoms with Crippen LogP contribution in [0.3, 0.4) is 0 Å². The number of likely N-dealkylation sites (tertiary alicyclic amines) is 1. The van der Waals surface area contributed by atoms with E-state index in [4.69, 9.17) is 9.78 Å². The van der Waals surface area contributed by atoms with Crippen molar-refractivity contribution in [3.05, 3.63) is 53.9 Å². The van der Waals surface area contributed by atoms with Crippen LogP contribution >= 0.6 is 0 Å². The molecule has 2 unspecified atom stereocenters. The Morgan fingerprint density at radius 2 is 1.93 bits per heavy atom. The minimum absolute atomic E-state index is 0.108. The summed E-state index contributed by atoms with van der Waals surface area (Å²) in [7, 11) is 0. The first-order valence-electron chi connectivity index (χ1n) is 9.43. The molecule has 0 bridgehead atoms. The number of nitrogens with zero attached hydrogens (tertiary/aromatic N) is 5. The lowest BCUT2D eigenvalue weighted by molar-refractivity contribution is -0.129. The molecule has 0 spiro atoms. The molecule has 5 rings (SSSR count). The first-order chi connectivity index (χ1) is 13.7. The van der Waals surface area contributed by atoms with Crippen LogP contribution in [0.15, 0.2) is 47.1 Å². The van der Waals surface area contributed by atoms with E-state index >= 15 is 0 Å². The number of nitriles is 1. The number of fused-ring (bicyclic) bond motifs is 2. The number of anilines is 1. The lowest BCUT2D eigenvalue weighted by Crippen LogP contribution is -2.34. The van der Waals surface area contributed by atoms with Crippen molar-refractivity contribution in [2.24, 2.45) is 11.8 Å². The van der Waals surface area contributed by atoms with Crippen LogP contribution in [0.4, 0.5) is 5.82 Å². The number of hydrogen-bond acceptors (Lipinski definition) is 6. The summed E-state index contributed by atoms with van der Waals surface area (Å²) in [6, 6.07) is 13.4. The summed E-state index contributed by atoms with van der Waals surface area (Å²) in [4.78, 5) is 21.4. The van der Waals surface area contributed by atoms with E-state index in [2.05, 4.69) is 21.1 Å². The number of aromatic nitrogens is 2. The van der Waals surface area contributed by atoms with E-state index in [9.17, 15) is 4.79 Å². The fourth-order valence-corrected chi connectivity index (χ4v) is 4.34. The zero-order valence-corrected chi connectivity index (χ0v) is 15.3. The number of para-hydroxylation sites is 1. The molecule has 2 aliphatic heterocycles. The summed E-state index contributed by atoms with van der Waals surface area (Å²) in [6.07, 6.45) is 1.89. The predicted molar refractivity (Wildman–Crippen MR) is 102 cm³/mol. The highest BCUT2D eigenvalue weighted by molar-refractivity contribution is 5.86. The van der Waals surface area contributed by atoms with Crippen molar-refractivity contribution in [3.63, 3.8) is 0 Å². The van der Waals surface area contributed by atoms with E-state index in [0.29, 0.717) is 28.7 Å². The van der Waals surface area contributed by atoms with E-state index in [1.807, 2.05) is 35.2 Å². The number of hydrogen-bond donors (Lipinski definition) is 0. The van der Waals surface area contributed by atoms with Crippen LogP contribution in [0.5, 0.6) is 0 Å². The number of amides is 1. The van der Waals surface area contributed by atoms with Crippen molar-refractivity contribution in [2.75, 3.05) is 31.1 Å². The molecule has 4 heterocycles. The maximum absolute atomic E-state index is 12.8. The zero-order chi connectivity index (χ0) is 19.1. The molecule has 2 aromatic heterocycles. The smallest absolute Gasteiger partial charge is 0.228 e. The van der Waals surface area contributed by atoms with Crippen LogP contribution in [0, 0.1) is 23.2 Å². The fourth-order valence-electron chi connectivity index (χ4n) is 4.34. The Morgan fingerprint density at radius 1 is 1.14 bits per heavy atom. The fraction of sp³-hybridized carbons (Fsp3) is 0.333. The number of pyridine rings is 1. The third-order valence-corrected chi connectivity index (χ3v) is 5.81. The van der Waals surface area contributed by atoms with Crippen molar-refractivity contribution in [3.8, 4) is 6.07 Å². The minimum atomic E-state index is 0.108. The van der Waals surface area contributed by atoms with Crippen LogP contribution in [0.2, 0.25) is 0 Å². The highest BCUT2D eigenvalue weighted by Gasteiger charge is 2.42. The van der Waals surface area contributed by atoms with Crippen molar-refractivity contribution in [2.45, 2.75) is 6.42 Å². The summed E-state index contributed by atoms with van der Waals surface area (Å²) in [6.45, 7) is 3.32. The highest BCUT2D eigenvalue weighted by Crippen LogP contribution is 2.33. The van der Waals surface area contributed by atoms with Gasteiger partial charge >= 0.3 is 0 Å². The van der Waals surface area contributed by atoms with Crippen molar-refractivity contribution in [1.29, 1.82) is 5.26 Å². The average Bonchev–Trinajstić information content (AvgIpc) is 3.41. The van der Waals surface area contributed by atoms with Crippen LogP contribution in [0.25, 0.3) is 11.0 Å². The summed E-state index contributed by atoms with van der Waals surface area (Å²) in [5, 5.41) is 13.9. The number of carbonyl (C=O) groups excluding carboxylic acids is 1. The van der Waals surface area contributed by atoms with Gasteiger partial charge in [-0.3, -0.25) is 4.79 Å². The normalized spacial score (nSPS) is 21.1. The van der Waals surface area contributed by atoms with E-state index in [0.717, 1.165) is 37.4 Å². The largest absolute Gasteiger partial charge is 0.356 e. The molecule has 1 aromatic carbocycles. The minimum Gasteiger partial charge on any atom is -0.356 e. The molecule has 3 aromatic rings. The average molecular weight is 373 g/mol. The Bertz CT molecular complexity index is 1050. The van der Waals surface area contributed by atoms with Gasteiger partial charge in [0.1, 0.15) is 17.6 Å². The third-order valence-electron chi connectivity index (χ3n) is 5.81. The van der Waals surface area contributed by atoms with Gasteiger partial charge in [0.2, 0.25) is 5.91 Å². The van der Waals surface area contributed by atoms with Gasteiger partial charge in [-0.15, -0.1) is 0 Å². The Hall–Kier alpha value is -3.40. The monoisotopic (exact) mass is 373 g/mol. The van der Waals surface area contributed by atoms with Gasteiger partial charge in [0.05, 0.1) is 12.0 Å². The first kappa shape index (κ1) is 16.8. The second-order valence-corrected chi connectivity index (χ2v) is 7.54. The SMILES string of the molecule is N#Cc1ccc(N2CC3CN(C(=O)Cc4noc5ccccc45)CC3C2)nc1. The lowest BCUT2D eigenvalue weighted by atomic mass is 10.0. The van der Waals surface area contributed by atoms with Gasteiger partial charge in [-0.05, 0) is 24.3 Å². The molecule has 2 fully saturated rings. The Balaban J connectivity index is 1.22. The molecule has 2 aliphatic rings. The number of carbonyl (C=O) groups is 1. The lowest BCUT2D eigenvalue weighted by Gasteiger charge is -2.22. The molecule has 28 heavy (non-hydrogen) atoms. The second-order valence-electron chi connectivity index (χ2n) is 7.54. The van der Waals surface area contributed by atoms with Crippen molar-refractivity contribution < 1.29 is 9.32 Å². The highest BCUT2D eigenvalue weighted by atomic mass is 16.5. The van der Waals surface area contributed by atoms with Crippen molar-refractivity contribution in [1.82, 2.24) is 15.0 Å². The van der Waals surface area contributed by atoms with Gasteiger partial charge in [0.25, 0.3) is 0 Å². The topological polar surface area (TPSA) is 86.3 Å². The van der Waals surface area contributed by atoms with E-state index < -0.39 is 0 Å². The van der Waals surface area contributed by atoms with Gasteiger partial charge in [0, 0.05) is 49.6 Å². The van der Waals surface area contributed by atoms with Gasteiger partial charge in [0.15, 0.2) is 5.58 Å². The Kier molecular flexibility index (Phi) is 3.97. The first-order valence-corrected chi connectivity index (χ1v) is 9.43. The molecule has 7 heteroatoms. The zero-order valence-electron chi connectivity index (χ0n) is 15.3. The van der Waals surface area contributed by atoms with Gasteiger partial charge in [-0.25, -0.2) is 4.98 Å². The summed E-state index contributed by atoms with van der Waals surface area (Å²) >= 11 is 0. The molecule has 0 aliphatic carbocycles. The molecule has 0 saturated carbocycles. The number of rotatable bonds is 3.